The first-order valence-electron chi connectivity index (χ1n) is 8.91. The normalized spacial score (nSPS) is 23.1. The van der Waals surface area contributed by atoms with Gasteiger partial charge < -0.3 is 9.30 Å². The van der Waals surface area contributed by atoms with Gasteiger partial charge in [0.05, 0.1) is 31.1 Å². The second-order valence-electron chi connectivity index (χ2n) is 8.15. The van der Waals surface area contributed by atoms with Crippen LogP contribution in [0.4, 0.5) is 0 Å². The van der Waals surface area contributed by atoms with Gasteiger partial charge in [0.25, 0.3) is 0 Å². The van der Waals surface area contributed by atoms with Crippen molar-refractivity contribution in [3.63, 3.8) is 0 Å². The van der Waals surface area contributed by atoms with Gasteiger partial charge in [0.2, 0.25) is 0 Å². The van der Waals surface area contributed by atoms with E-state index in [4.69, 9.17) is 4.74 Å². The third kappa shape index (κ3) is 3.12. The molecule has 3 atom stereocenters. The maximum absolute atomic E-state index is 12.6. The zero-order chi connectivity index (χ0) is 18.9. The van der Waals surface area contributed by atoms with E-state index in [2.05, 4.69) is 31.8 Å². The minimum atomic E-state index is -0.727. The Bertz CT molecular complexity index is 829. The number of nitrogens with zero attached hydrogens (tertiary/aromatic N) is 3. The van der Waals surface area contributed by atoms with E-state index in [1.165, 1.54) is 7.11 Å². The van der Waals surface area contributed by atoms with Crippen LogP contribution in [0.25, 0.3) is 5.69 Å². The standard InChI is InChI=1S/C21H25N3O2/c1-20(2,3)16(12-22)10-15-11-21(15,19(25)26-4)18-13-24(14-23-18)17-8-6-5-7-9-17/h5-9,13-16H,10-11H2,1-4H3/t15-,16?,21?/m0/s1. The molecule has 26 heavy (non-hydrogen) atoms. The molecule has 2 unspecified atom stereocenters. The van der Waals surface area contributed by atoms with Crippen molar-refractivity contribution in [3.8, 4) is 11.8 Å². The first-order chi connectivity index (χ1) is 12.3. The van der Waals surface area contributed by atoms with Crippen LogP contribution in [0.2, 0.25) is 0 Å². The highest BCUT2D eigenvalue weighted by atomic mass is 16.5. The lowest BCUT2D eigenvalue weighted by Gasteiger charge is -2.25. The predicted molar refractivity (Wildman–Crippen MR) is 98.5 cm³/mol. The summed E-state index contributed by atoms with van der Waals surface area (Å²) < 4.78 is 7.02. The molecule has 0 aliphatic heterocycles. The van der Waals surface area contributed by atoms with Crippen LogP contribution >= 0.6 is 0 Å². The number of hydrogen-bond acceptors (Lipinski definition) is 4. The first-order valence-corrected chi connectivity index (χ1v) is 8.91. The van der Waals surface area contributed by atoms with Crippen LogP contribution in [-0.2, 0) is 14.9 Å². The summed E-state index contributed by atoms with van der Waals surface area (Å²) in [4.78, 5) is 17.1. The van der Waals surface area contributed by atoms with Gasteiger partial charge in [-0.1, -0.05) is 39.0 Å². The predicted octanol–water partition coefficient (Wildman–Crippen LogP) is 3.88. The Morgan fingerprint density at radius 2 is 2.12 bits per heavy atom. The summed E-state index contributed by atoms with van der Waals surface area (Å²) >= 11 is 0. The minimum absolute atomic E-state index is 0.0814. The molecule has 3 rings (SSSR count). The fraction of sp³-hybridized carbons (Fsp3) is 0.476. The smallest absolute Gasteiger partial charge is 0.318 e. The van der Waals surface area contributed by atoms with Gasteiger partial charge in [-0.15, -0.1) is 0 Å². The molecule has 0 amide bonds. The molecule has 1 saturated carbocycles. The van der Waals surface area contributed by atoms with Gasteiger partial charge in [0.1, 0.15) is 5.41 Å². The summed E-state index contributed by atoms with van der Waals surface area (Å²) in [6.07, 6.45) is 4.99. The number of nitriles is 1. The van der Waals surface area contributed by atoms with Gasteiger partial charge in [0, 0.05) is 11.9 Å². The summed E-state index contributed by atoms with van der Waals surface area (Å²) in [5.74, 6) is -0.292. The quantitative estimate of drug-likeness (QED) is 0.767. The molecule has 0 bridgehead atoms. The van der Waals surface area contributed by atoms with Gasteiger partial charge in [-0.05, 0) is 36.3 Å². The van der Waals surface area contributed by atoms with Gasteiger partial charge >= 0.3 is 5.97 Å². The number of methoxy groups -OCH3 is 1. The van der Waals surface area contributed by atoms with E-state index in [1.807, 2.05) is 41.1 Å². The summed E-state index contributed by atoms with van der Waals surface area (Å²) in [6, 6.07) is 12.3. The van der Waals surface area contributed by atoms with Crippen molar-refractivity contribution >= 4 is 5.97 Å². The molecule has 2 aromatic rings. The first kappa shape index (κ1) is 18.2. The van der Waals surface area contributed by atoms with Crippen LogP contribution < -0.4 is 0 Å². The van der Waals surface area contributed by atoms with Crippen LogP contribution in [-0.4, -0.2) is 22.6 Å². The van der Waals surface area contributed by atoms with E-state index < -0.39 is 5.41 Å². The summed E-state index contributed by atoms with van der Waals surface area (Å²) in [7, 11) is 1.42. The second-order valence-corrected chi connectivity index (χ2v) is 8.15. The molecule has 5 heteroatoms. The zero-order valence-electron chi connectivity index (χ0n) is 15.8. The number of para-hydroxylation sites is 1. The Morgan fingerprint density at radius 3 is 2.69 bits per heavy atom. The Morgan fingerprint density at radius 1 is 1.42 bits per heavy atom. The maximum atomic E-state index is 12.6. The van der Waals surface area contributed by atoms with E-state index in [1.54, 1.807) is 6.33 Å². The van der Waals surface area contributed by atoms with E-state index in [0.29, 0.717) is 12.8 Å². The highest BCUT2D eigenvalue weighted by molar-refractivity contribution is 5.86. The number of benzene rings is 1. The van der Waals surface area contributed by atoms with Gasteiger partial charge in [0.15, 0.2) is 0 Å². The number of aromatic nitrogens is 2. The highest BCUT2D eigenvalue weighted by Gasteiger charge is 2.64. The Hall–Kier alpha value is -2.61. The molecular formula is C21H25N3O2. The van der Waals surface area contributed by atoms with E-state index in [0.717, 1.165) is 11.4 Å². The number of rotatable bonds is 5. The molecule has 136 valence electrons. The van der Waals surface area contributed by atoms with Crippen molar-refractivity contribution in [1.82, 2.24) is 9.55 Å². The van der Waals surface area contributed by atoms with Gasteiger partial charge in [-0.25, -0.2) is 4.98 Å². The molecule has 1 aromatic carbocycles. The third-order valence-corrected chi connectivity index (χ3v) is 5.47. The SMILES string of the molecule is COC(=O)C1(c2cn(-c3ccccc3)cn2)C[C@@H]1CC(C#N)C(C)(C)C. The zero-order valence-corrected chi connectivity index (χ0v) is 15.8. The molecule has 1 aliphatic rings. The van der Waals surface area contributed by atoms with Gasteiger partial charge in [-0.2, -0.15) is 5.26 Å². The molecule has 5 nitrogen and oxygen atoms in total. The molecule has 0 spiro atoms. The molecule has 1 aliphatic carbocycles. The molecular weight excluding hydrogens is 326 g/mol. The summed E-state index contributed by atoms with van der Waals surface area (Å²) in [5.41, 5.74) is 0.870. The van der Waals surface area contributed by atoms with E-state index in [-0.39, 0.29) is 23.2 Å². The number of esters is 1. The molecule has 1 fully saturated rings. The van der Waals surface area contributed by atoms with Crippen molar-refractivity contribution in [2.24, 2.45) is 17.3 Å². The van der Waals surface area contributed by atoms with Gasteiger partial charge in [-0.3, -0.25) is 4.79 Å². The number of carbonyl (C=O) groups excluding carboxylic acids is 1. The minimum Gasteiger partial charge on any atom is -0.468 e. The number of carbonyl (C=O) groups is 1. The lowest BCUT2D eigenvalue weighted by atomic mass is 9.77. The van der Waals surface area contributed by atoms with Crippen LogP contribution in [0.1, 0.15) is 39.3 Å². The monoisotopic (exact) mass is 351 g/mol. The van der Waals surface area contributed by atoms with E-state index >= 15 is 0 Å². The lowest BCUT2D eigenvalue weighted by molar-refractivity contribution is -0.144. The summed E-state index contributed by atoms with van der Waals surface area (Å²) in [6.45, 7) is 6.19. The van der Waals surface area contributed by atoms with Crippen molar-refractivity contribution < 1.29 is 9.53 Å². The van der Waals surface area contributed by atoms with Crippen LogP contribution in [0.5, 0.6) is 0 Å². The average molecular weight is 351 g/mol. The molecule has 1 aromatic heterocycles. The van der Waals surface area contributed by atoms with Crippen molar-refractivity contribution in [2.45, 2.75) is 39.0 Å². The molecule has 1 heterocycles. The Labute approximate surface area is 154 Å². The average Bonchev–Trinajstić information content (AvgIpc) is 3.13. The fourth-order valence-corrected chi connectivity index (χ4v) is 3.64. The molecule has 0 radical (unpaired) electrons. The van der Waals surface area contributed by atoms with Crippen molar-refractivity contribution in [2.75, 3.05) is 7.11 Å². The Kier molecular flexibility index (Phi) is 4.62. The molecule has 0 N–H and O–H groups in total. The number of imidazole rings is 1. The highest BCUT2D eigenvalue weighted by Crippen LogP contribution is 2.58. The lowest BCUT2D eigenvalue weighted by Crippen LogP contribution is -2.27. The largest absolute Gasteiger partial charge is 0.468 e. The topological polar surface area (TPSA) is 67.9 Å². The number of ether oxygens (including phenoxy) is 1. The van der Waals surface area contributed by atoms with Crippen molar-refractivity contribution in [1.29, 1.82) is 5.26 Å². The third-order valence-electron chi connectivity index (χ3n) is 5.47. The second kappa shape index (κ2) is 6.60. The fourth-order valence-electron chi connectivity index (χ4n) is 3.64. The summed E-state index contributed by atoms with van der Waals surface area (Å²) in [5, 5.41) is 9.54. The van der Waals surface area contributed by atoms with E-state index in [9.17, 15) is 10.1 Å². The van der Waals surface area contributed by atoms with Crippen molar-refractivity contribution in [3.05, 3.63) is 48.5 Å². The molecule has 0 saturated heterocycles. The van der Waals surface area contributed by atoms with Crippen LogP contribution in [0.3, 0.4) is 0 Å². The maximum Gasteiger partial charge on any atom is 0.318 e. The Balaban J connectivity index is 1.89. The van der Waals surface area contributed by atoms with Crippen LogP contribution in [0.15, 0.2) is 42.9 Å². The van der Waals surface area contributed by atoms with Crippen LogP contribution in [0, 0.1) is 28.6 Å². The number of hydrogen-bond donors (Lipinski definition) is 0.